The van der Waals surface area contributed by atoms with Gasteiger partial charge in [-0.2, -0.15) is 0 Å². The molecule has 1 aliphatic rings. The molecule has 2 heterocycles. The van der Waals surface area contributed by atoms with Crippen LogP contribution in [-0.2, 0) is 0 Å². The van der Waals surface area contributed by atoms with Gasteiger partial charge in [-0.15, -0.1) is 10.2 Å². The fraction of sp³-hybridized carbons (Fsp3) is 0.444. The number of aromatic nitrogens is 3. The molecule has 9 nitrogen and oxygen atoms in total. The maximum absolute atomic E-state index is 12.9. The summed E-state index contributed by atoms with van der Waals surface area (Å²) in [7, 11) is 1.58. The molecule has 2 N–H and O–H groups in total. The van der Waals surface area contributed by atoms with Crippen LogP contribution >= 0.6 is 0 Å². The third-order valence-electron chi connectivity index (χ3n) is 6.71. The van der Waals surface area contributed by atoms with E-state index in [4.69, 9.17) is 4.74 Å². The Labute approximate surface area is 212 Å². The molecule has 0 unspecified atom stereocenters. The van der Waals surface area contributed by atoms with Crippen LogP contribution in [0.1, 0.15) is 49.8 Å². The lowest BCUT2D eigenvalue weighted by molar-refractivity contribution is 0.0943. The van der Waals surface area contributed by atoms with Gasteiger partial charge >= 0.3 is 0 Å². The minimum atomic E-state index is -0.326. The molecule has 0 atom stereocenters. The van der Waals surface area contributed by atoms with E-state index >= 15 is 0 Å². The second-order valence-electron chi connectivity index (χ2n) is 9.25. The number of ether oxygens (including phenoxy) is 1. The van der Waals surface area contributed by atoms with Gasteiger partial charge in [0.1, 0.15) is 11.5 Å². The predicted octanol–water partition coefficient (Wildman–Crippen LogP) is 3.66. The van der Waals surface area contributed by atoms with E-state index in [1.807, 2.05) is 25.1 Å². The Balaban J connectivity index is 1.77. The van der Waals surface area contributed by atoms with Crippen LogP contribution in [0, 0.1) is 0 Å². The molecule has 1 aliphatic heterocycles. The number of nitrogens with one attached hydrogen (secondary N) is 1. The molecule has 1 saturated heterocycles. The van der Waals surface area contributed by atoms with Crippen LogP contribution in [0.4, 0.5) is 5.69 Å². The number of nitrogens with zero attached hydrogens (tertiary/aromatic N) is 5. The third-order valence-corrected chi connectivity index (χ3v) is 6.71. The van der Waals surface area contributed by atoms with Crippen LogP contribution in [0.15, 0.2) is 36.4 Å². The van der Waals surface area contributed by atoms with Gasteiger partial charge < -0.3 is 25.0 Å². The van der Waals surface area contributed by atoms with E-state index in [0.29, 0.717) is 23.7 Å². The minimum Gasteiger partial charge on any atom is -0.507 e. The quantitative estimate of drug-likeness (QED) is 0.495. The van der Waals surface area contributed by atoms with Crippen molar-refractivity contribution >= 4 is 11.6 Å². The Hall–Kier alpha value is -3.59. The van der Waals surface area contributed by atoms with Gasteiger partial charge in [-0.3, -0.25) is 9.36 Å². The van der Waals surface area contributed by atoms with Crippen LogP contribution < -0.4 is 15.0 Å². The van der Waals surface area contributed by atoms with E-state index in [-0.39, 0.29) is 23.4 Å². The van der Waals surface area contributed by atoms with Crippen molar-refractivity contribution in [1.29, 1.82) is 0 Å². The second kappa shape index (κ2) is 11.0. The summed E-state index contributed by atoms with van der Waals surface area (Å²) in [4.78, 5) is 17.7. The van der Waals surface area contributed by atoms with Gasteiger partial charge in [-0.05, 0) is 55.3 Å². The smallest absolute Gasteiger partial charge is 0.289 e. The number of hydrogen-bond acceptors (Lipinski definition) is 7. The van der Waals surface area contributed by atoms with Crippen LogP contribution in [0.5, 0.6) is 11.5 Å². The Bertz CT molecular complexity index is 1200. The molecular formula is C27H36N6O3. The van der Waals surface area contributed by atoms with E-state index in [1.165, 1.54) is 0 Å². The van der Waals surface area contributed by atoms with Crippen molar-refractivity contribution in [3.05, 3.63) is 47.8 Å². The zero-order chi connectivity index (χ0) is 25.8. The summed E-state index contributed by atoms with van der Waals surface area (Å²) in [6.45, 7) is 13.8. The summed E-state index contributed by atoms with van der Waals surface area (Å²) < 4.78 is 7.18. The molecule has 0 aliphatic carbocycles. The average Bonchev–Trinajstić information content (AvgIpc) is 3.33. The summed E-state index contributed by atoms with van der Waals surface area (Å²) in [5.41, 5.74) is 3.30. The van der Waals surface area contributed by atoms with Crippen molar-refractivity contribution in [3.8, 4) is 28.6 Å². The number of amides is 1. The Morgan fingerprint density at radius 3 is 2.31 bits per heavy atom. The van der Waals surface area contributed by atoms with Crippen LogP contribution in [0.25, 0.3) is 17.1 Å². The standard InChI is InChI=1S/C27H36N6O3/c1-6-28-27(35)26-30-29-25(22-16-21(18(3)4)24(36-5)17-23(22)34)33(26)20-10-8-19(9-11-20)32-14-12-31(7-2)13-15-32/h8-11,16-18,34H,6-7,12-15H2,1-5H3,(H,28,35). The van der Waals surface area contributed by atoms with E-state index in [1.54, 1.807) is 17.7 Å². The number of carbonyl (C=O) groups is 1. The molecule has 3 aromatic rings. The number of aromatic hydroxyl groups is 1. The normalized spacial score (nSPS) is 14.3. The average molecular weight is 493 g/mol. The molecule has 1 fully saturated rings. The molecule has 2 aromatic carbocycles. The fourth-order valence-electron chi connectivity index (χ4n) is 4.62. The van der Waals surface area contributed by atoms with Crippen molar-refractivity contribution in [3.63, 3.8) is 0 Å². The lowest BCUT2D eigenvalue weighted by atomic mass is 9.98. The SMILES string of the molecule is CCNC(=O)c1nnc(-c2cc(C(C)C)c(OC)cc2O)n1-c1ccc(N2CCN(CC)CC2)cc1. The number of methoxy groups -OCH3 is 1. The molecule has 9 heteroatoms. The zero-order valence-corrected chi connectivity index (χ0v) is 21.8. The number of benzene rings is 2. The van der Waals surface area contributed by atoms with Gasteiger partial charge in [0.2, 0.25) is 5.82 Å². The van der Waals surface area contributed by atoms with Gasteiger partial charge in [-0.1, -0.05) is 20.8 Å². The van der Waals surface area contributed by atoms with E-state index in [9.17, 15) is 9.90 Å². The number of piperazine rings is 1. The zero-order valence-electron chi connectivity index (χ0n) is 21.8. The number of hydrogen-bond donors (Lipinski definition) is 2. The molecule has 0 bridgehead atoms. The highest BCUT2D eigenvalue weighted by atomic mass is 16.5. The van der Waals surface area contributed by atoms with Crippen molar-refractivity contribution in [2.45, 2.75) is 33.6 Å². The monoisotopic (exact) mass is 492 g/mol. The lowest BCUT2D eigenvalue weighted by Crippen LogP contribution is -2.46. The third kappa shape index (κ3) is 5.02. The summed E-state index contributed by atoms with van der Waals surface area (Å²) in [5, 5.41) is 22.3. The summed E-state index contributed by atoms with van der Waals surface area (Å²) in [6.07, 6.45) is 0. The maximum atomic E-state index is 12.9. The van der Waals surface area contributed by atoms with Gasteiger partial charge in [0.15, 0.2) is 5.82 Å². The number of carbonyl (C=O) groups excluding carboxylic acids is 1. The topological polar surface area (TPSA) is 95.8 Å². The highest BCUT2D eigenvalue weighted by molar-refractivity contribution is 5.92. The van der Waals surface area contributed by atoms with Crippen LogP contribution in [0.3, 0.4) is 0 Å². The molecule has 0 saturated carbocycles. The van der Waals surface area contributed by atoms with Gasteiger partial charge in [0.05, 0.1) is 12.7 Å². The number of rotatable bonds is 8. The summed E-state index contributed by atoms with van der Waals surface area (Å²) >= 11 is 0. The van der Waals surface area contributed by atoms with Crippen LogP contribution in [0.2, 0.25) is 0 Å². The van der Waals surface area contributed by atoms with E-state index in [2.05, 4.69) is 58.2 Å². The summed E-state index contributed by atoms with van der Waals surface area (Å²) in [6, 6.07) is 11.5. The predicted molar refractivity (Wildman–Crippen MR) is 141 cm³/mol. The Morgan fingerprint density at radius 1 is 1.06 bits per heavy atom. The largest absolute Gasteiger partial charge is 0.507 e. The second-order valence-corrected chi connectivity index (χ2v) is 9.25. The van der Waals surface area contributed by atoms with Gasteiger partial charge in [-0.25, -0.2) is 0 Å². The first-order chi connectivity index (χ1) is 17.4. The molecule has 4 rings (SSSR count). The van der Waals surface area contributed by atoms with Crippen molar-refractivity contribution in [1.82, 2.24) is 25.0 Å². The molecule has 192 valence electrons. The molecule has 0 spiro atoms. The van der Waals surface area contributed by atoms with Gasteiger partial charge in [0.25, 0.3) is 5.91 Å². The van der Waals surface area contributed by atoms with Gasteiger partial charge in [0, 0.05) is 50.2 Å². The van der Waals surface area contributed by atoms with Crippen molar-refractivity contribution in [2.75, 3.05) is 51.3 Å². The first-order valence-electron chi connectivity index (χ1n) is 12.6. The highest BCUT2D eigenvalue weighted by Gasteiger charge is 2.25. The molecular weight excluding hydrogens is 456 g/mol. The maximum Gasteiger partial charge on any atom is 0.289 e. The number of phenols is 1. The lowest BCUT2D eigenvalue weighted by Gasteiger charge is -2.35. The minimum absolute atomic E-state index is 0.0118. The number of likely N-dealkylation sites (N-methyl/N-ethyl adjacent to an activating group) is 1. The van der Waals surface area contributed by atoms with Crippen molar-refractivity contribution in [2.24, 2.45) is 0 Å². The van der Waals surface area contributed by atoms with E-state index < -0.39 is 0 Å². The summed E-state index contributed by atoms with van der Waals surface area (Å²) in [5.74, 6) is 1.01. The fourth-order valence-corrected chi connectivity index (χ4v) is 4.62. The molecule has 0 radical (unpaired) electrons. The Morgan fingerprint density at radius 2 is 1.72 bits per heavy atom. The van der Waals surface area contributed by atoms with Crippen LogP contribution in [-0.4, -0.2) is 77.1 Å². The first kappa shape index (κ1) is 25.5. The first-order valence-corrected chi connectivity index (χ1v) is 12.6. The number of anilines is 1. The Kier molecular flexibility index (Phi) is 7.79. The molecule has 36 heavy (non-hydrogen) atoms. The van der Waals surface area contributed by atoms with Crippen molar-refractivity contribution < 1.29 is 14.6 Å². The highest BCUT2D eigenvalue weighted by Crippen LogP contribution is 2.38. The van der Waals surface area contributed by atoms with E-state index in [0.717, 1.165) is 49.7 Å². The number of phenolic OH excluding ortho intramolecular Hbond substituents is 1. The molecule has 1 aromatic heterocycles. The molecule has 1 amide bonds.